The second-order valence-electron chi connectivity index (χ2n) is 17.5. The third-order valence-corrected chi connectivity index (χ3v) is 11.9. The molecular weight excluding hydrogens is 775 g/mol. The third-order valence-electron chi connectivity index (χ3n) is 11.9. The van der Waals surface area contributed by atoms with Crippen molar-refractivity contribution in [3.8, 4) is 0 Å². The van der Waals surface area contributed by atoms with E-state index in [1.807, 2.05) is 0 Å². The van der Waals surface area contributed by atoms with E-state index < -0.39 is 74.2 Å². The van der Waals surface area contributed by atoms with E-state index in [2.05, 4.69) is 55.6 Å². The summed E-state index contributed by atoms with van der Waals surface area (Å²) < 4.78 is 11.0. The Morgan fingerprint density at radius 1 is 0.574 bits per heavy atom. The van der Waals surface area contributed by atoms with E-state index >= 15 is 0 Å². The van der Waals surface area contributed by atoms with Crippen molar-refractivity contribution in [2.45, 2.75) is 262 Å². The fraction of sp³-hybridized carbons (Fsp3) is 0.860. The molecule has 0 aliphatic carbocycles. The van der Waals surface area contributed by atoms with Gasteiger partial charge < -0.3 is 50.5 Å². The lowest BCUT2D eigenvalue weighted by atomic mass is 9.98. The maximum atomic E-state index is 13.1. The molecule has 0 bridgehead atoms. The van der Waals surface area contributed by atoms with Crippen LogP contribution in [0.3, 0.4) is 0 Å². The SMILES string of the molecule is CCCCC/C=C/CCCC(O)C(O)C(COC1OC(CO)C(O)C(O)C1O)NC(=O)C(O)CCCCCCCCCCCC/C=C\C/C=C\CCCCCCCCCCC. The summed E-state index contributed by atoms with van der Waals surface area (Å²) in [5.74, 6) is -0.712. The highest BCUT2D eigenvalue weighted by Gasteiger charge is 2.44. The van der Waals surface area contributed by atoms with Gasteiger partial charge in [-0.2, -0.15) is 0 Å². The van der Waals surface area contributed by atoms with E-state index in [-0.39, 0.29) is 12.8 Å². The van der Waals surface area contributed by atoms with E-state index in [0.717, 1.165) is 57.8 Å². The molecule has 1 aliphatic rings. The summed E-state index contributed by atoms with van der Waals surface area (Å²) in [5.41, 5.74) is 0. The minimum atomic E-state index is -1.67. The number of allylic oxidation sites excluding steroid dienone is 6. The molecule has 11 heteroatoms. The zero-order valence-electron chi connectivity index (χ0n) is 38.6. The number of ether oxygens (including phenoxy) is 2. The normalized spacial score (nSPS) is 21.8. The molecular formula is C50H93NO10. The van der Waals surface area contributed by atoms with Gasteiger partial charge in [0.1, 0.15) is 36.6 Å². The standard InChI is InChI=1S/C50H93NO10/c1-3-5-7-9-11-13-14-15-16-17-18-19-20-21-22-23-24-25-26-27-28-29-30-32-34-36-38-43(54)49(59)51-41(40-60-50-48(58)47(57)46(56)44(39-52)61-50)45(55)42(53)37-35-33-31-12-10-8-6-4-2/h12,18-19,21-22,31,41-48,50,52-58H,3-11,13-17,20,23-30,32-40H2,1-2H3,(H,51,59)/b19-18-,22-21-,31-12+. The number of aliphatic hydroxyl groups is 7. The Balaban J connectivity index is 2.28. The van der Waals surface area contributed by atoms with Crippen LogP contribution in [-0.2, 0) is 14.3 Å². The molecule has 0 spiro atoms. The minimum absolute atomic E-state index is 0.249. The summed E-state index contributed by atoms with van der Waals surface area (Å²) >= 11 is 0. The molecule has 1 saturated heterocycles. The molecule has 9 unspecified atom stereocenters. The van der Waals surface area contributed by atoms with Gasteiger partial charge in [0.05, 0.1) is 25.4 Å². The van der Waals surface area contributed by atoms with Gasteiger partial charge in [-0.05, 0) is 70.6 Å². The van der Waals surface area contributed by atoms with Gasteiger partial charge in [-0.1, -0.05) is 172 Å². The molecule has 11 nitrogen and oxygen atoms in total. The van der Waals surface area contributed by atoms with Crippen LogP contribution in [0, 0.1) is 0 Å². The molecule has 8 N–H and O–H groups in total. The predicted octanol–water partition coefficient (Wildman–Crippen LogP) is 8.78. The Kier molecular flexibility index (Phi) is 37.5. The number of hydrogen-bond donors (Lipinski definition) is 8. The molecule has 1 rings (SSSR count). The van der Waals surface area contributed by atoms with Crippen LogP contribution < -0.4 is 5.32 Å². The Morgan fingerprint density at radius 2 is 1.02 bits per heavy atom. The van der Waals surface area contributed by atoms with Crippen LogP contribution in [0.1, 0.15) is 206 Å². The van der Waals surface area contributed by atoms with Crippen molar-refractivity contribution in [3.63, 3.8) is 0 Å². The molecule has 1 aliphatic heterocycles. The average molecular weight is 868 g/mol. The fourth-order valence-corrected chi connectivity index (χ4v) is 7.76. The van der Waals surface area contributed by atoms with E-state index in [4.69, 9.17) is 9.47 Å². The average Bonchev–Trinajstić information content (AvgIpc) is 3.26. The van der Waals surface area contributed by atoms with Crippen molar-refractivity contribution in [1.29, 1.82) is 0 Å². The van der Waals surface area contributed by atoms with E-state index in [0.29, 0.717) is 12.8 Å². The van der Waals surface area contributed by atoms with Crippen LogP contribution in [0.4, 0.5) is 0 Å². The lowest BCUT2D eigenvalue weighted by Crippen LogP contribution is -2.60. The molecule has 0 aromatic rings. The quantitative estimate of drug-likeness (QED) is 0.0218. The molecule has 1 fully saturated rings. The highest BCUT2D eigenvalue weighted by Crippen LogP contribution is 2.23. The van der Waals surface area contributed by atoms with E-state index in [9.17, 15) is 40.5 Å². The van der Waals surface area contributed by atoms with E-state index in [1.165, 1.54) is 109 Å². The topological polar surface area (TPSA) is 189 Å². The van der Waals surface area contributed by atoms with Gasteiger partial charge in [0.25, 0.3) is 0 Å². The van der Waals surface area contributed by atoms with Crippen LogP contribution in [0.5, 0.6) is 0 Å². The van der Waals surface area contributed by atoms with Crippen molar-refractivity contribution in [2.24, 2.45) is 0 Å². The number of aliphatic hydroxyl groups excluding tert-OH is 7. The first kappa shape index (κ1) is 57.3. The summed E-state index contributed by atoms with van der Waals surface area (Å²) in [6.07, 6.45) is 35.2. The predicted molar refractivity (Wildman–Crippen MR) is 247 cm³/mol. The van der Waals surface area contributed by atoms with Crippen molar-refractivity contribution in [1.82, 2.24) is 5.32 Å². The Labute approximate surface area is 371 Å². The monoisotopic (exact) mass is 868 g/mol. The van der Waals surface area contributed by atoms with Crippen molar-refractivity contribution >= 4 is 5.91 Å². The number of hydrogen-bond acceptors (Lipinski definition) is 10. The van der Waals surface area contributed by atoms with Gasteiger partial charge in [-0.15, -0.1) is 0 Å². The molecule has 61 heavy (non-hydrogen) atoms. The first-order valence-corrected chi connectivity index (χ1v) is 24.9. The minimum Gasteiger partial charge on any atom is -0.394 e. The highest BCUT2D eigenvalue weighted by molar-refractivity contribution is 5.80. The lowest BCUT2D eigenvalue weighted by Gasteiger charge is -2.40. The van der Waals surface area contributed by atoms with Gasteiger partial charge in [-0.3, -0.25) is 4.79 Å². The van der Waals surface area contributed by atoms with Crippen LogP contribution in [0.25, 0.3) is 0 Å². The maximum absolute atomic E-state index is 13.1. The first-order chi connectivity index (χ1) is 29.7. The molecule has 0 saturated carbocycles. The smallest absolute Gasteiger partial charge is 0.249 e. The Bertz CT molecular complexity index is 1090. The third kappa shape index (κ3) is 29.4. The van der Waals surface area contributed by atoms with Gasteiger partial charge >= 0.3 is 0 Å². The number of unbranched alkanes of at least 4 members (excludes halogenated alkanes) is 23. The summed E-state index contributed by atoms with van der Waals surface area (Å²) in [7, 11) is 0. The number of amides is 1. The number of carbonyl (C=O) groups excluding carboxylic acids is 1. The molecule has 0 aromatic heterocycles. The molecule has 358 valence electrons. The van der Waals surface area contributed by atoms with Crippen LogP contribution in [-0.4, -0.2) is 110 Å². The summed E-state index contributed by atoms with van der Waals surface area (Å²) in [4.78, 5) is 13.1. The van der Waals surface area contributed by atoms with Crippen molar-refractivity contribution in [2.75, 3.05) is 13.2 Å². The number of rotatable bonds is 41. The molecule has 0 aromatic carbocycles. The molecule has 1 heterocycles. The van der Waals surface area contributed by atoms with Crippen molar-refractivity contribution < 1.29 is 50.0 Å². The zero-order chi connectivity index (χ0) is 44.8. The first-order valence-electron chi connectivity index (χ1n) is 24.9. The van der Waals surface area contributed by atoms with Gasteiger partial charge in [-0.25, -0.2) is 0 Å². The second kappa shape index (κ2) is 39.9. The highest BCUT2D eigenvalue weighted by atomic mass is 16.7. The second-order valence-corrected chi connectivity index (χ2v) is 17.5. The molecule has 1 amide bonds. The fourth-order valence-electron chi connectivity index (χ4n) is 7.76. The van der Waals surface area contributed by atoms with Crippen LogP contribution >= 0.6 is 0 Å². The Hall–Kier alpha value is -1.67. The molecule has 9 atom stereocenters. The molecule has 0 radical (unpaired) electrons. The maximum Gasteiger partial charge on any atom is 0.249 e. The van der Waals surface area contributed by atoms with E-state index in [1.54, 1.807) is 0 Å². The van der Waals surface area contributed by atoms with Crippen LogP contribution in [0.15, 0.2) is 36.5 Å². The Morgan fingerprint density at radius 3 is 1.54 bits per heavy atom. The summed E-state index contributed by atoms with van der Waals surface area (Å²) in [6, 6.07) is -1.18. The summed E-state index contributed by atoms with van der Waals surface area (Å²) in [6.45, 7) is 3.35. The lowest BCUT2D eigenvalue weighted by molar-refractivity contribution is -0.303. The summed E-state index contributed by atoms with van der Waals surface area (Å²) in [5, 5.41) is 75.4. The number of nitrogens with one attached hydrogen (secondary N) is 1. The van der Waals surface area contributed by atoms with Gasteiger partial charge in [0, 0.05) is 0 Å². The largest absolute Gasteiger partial charge is 0.394 e. The number of carbonyl (C=O) groups is 1. The zero-order valence-corrected chi connectivity index (χ0v) is 38.6. The van der Waals surface area contributed by atoms with Crippen LogP contribution in [0.2, 0.25) is 0 Å². The van der Waals surface area contributed by atoms with Gasteiger partial charge in [0.15, 0.2) is 6.29 Å². The van der Waals surface area contributed by atoms with Crippen molar-refractivity contribution in [3.05, 3.63) is 36.5 Å². The van der Waals surface area contributed by atoms with Gasteiger partial charge in [0.2, 0.25) is 5.91 Å².